The third-order valence-corrected chi connectivity index (χ3v) is 4.17. The summed E-state index contributed by atoms with van der Waals surface area (Å²) in [5.41, 5.74) is 0.492. The van der Waals surface area contributed by atoms with Gasteiger partial charge >= 0.3 is 0 Å². The molecule has 0 aliphatic heterocycles. The quantitative estimate of drug-likeness (QED) is 0.529. The Morgan fingerprint density at radius 1 is 0.950 bits per heavy atom. The van der Waals surface area contributed by atoms with Crippen LogP contribution in [0.15, 0.2) is 0 Å². The van der Waals surface area contributed by atoms with Crippen LogP contribution in [0.5, 0.6) is 0 Å². The Labute approximate surface area is 124 Å². The van der Waals surface area contributed by atoms with Gasteiger partial charge in [0.25, 0.3) is 0 Å². The Hall–Kier alpha value is -0.160. The van der Waals surface area contributed by atoms with Gasteiger partial charge in [0.05, 0.1) is 26.4 Å². The summed E-state index contributed by atoms with van der Waals surface area (Å²) in [6, 6.07) is 0. The standard InChI is InChI=1S/C16H33NO3/c1-3-9-17-15-16(6-4-5-7-16)8-10-19-13-14-20-12-11-18-2/h17H,3-15H2,1-2H3. The van der Waals surface area contributed by atoms with Gasteiger partial charge in [0.15, 0.2) is 0 Å². The van der Waals surface area contributed by atoms with Gasteiger partial charge in [0.2, 0.25) is 0 Å². The second-order valence-corrected chi connectivity index (χ2v) is 5.85. The molecule has 4 nitrogen and oxygen atoms in total. The number of ether oxygens (including phenoxy) is 3. The Kier molecular flexibility index (Phi) is 10.3. The maximum Gasteiger partial charge on any atom is 0.0701 e. The van der Waals surface area contributed by atoms with Crippen LogP contribution in [0.4, 0.5) is 0 Å². The van der Waals surface area contributed by atoms with Crippen molar-refractivity contribution >= 4 is 0 Å². The smallest absolute Gasteiger partial charge is 0.0701 e. The first-order chi connectivity index (χ1) is 9.83. The van der Waals surface area contributed by atoms with Gasteiger partial charge in [0.1, 0.15) is 0 Å². The predicted octanol–water partition coefficient (Wildman–Crippen LogP) is 2.62. The van der Waals surface area contributed by atoms with E-state index in [2.05, 4.69) is 12.2 Å². The van der Waals surface area contributed by atoms with E-state index in [4.69, 9.17) is 14.2 Å². The zero-order valence-corrected chi connectivity index (χ0v) is 13.4. The van der Waals surface area contributed by atoms with Crippen LogP contribution in [0.25, 0.3) is 0 Å². The minimum absolute atomic E-state index is 0.492. The van der Waals surface area contributed by atoms with Crippen molar-refractivity contribution in [3.8, 4) is 0 Å². The first-order valence-corrected chi connectivity index (χ1v) is 8.18. The van der Waals surface area contributed by atoms with Gasteiger partial charge in [-0.1, -0.05) is 19.8 Å². The van der Waals surface area contributed by atoms with Gasteiger partial charge in [-0.3, -0.25) is 0 Å². The molecule has 0 aromatic rings. The molecule has 0 aromatic heterocycles. The molecule has 1 fully saturated rings. The Morgan fingerprint density at radius 3 is 2.25 bits per heavy atom. The van der Waals surface area contributed by atoms with Crippen molar-refractivity contribution in [1.29, 1.82) is 0 Å². The van der Waals surface area contributed by atoms with Crippen LogP contribution >= 0.6 is 0 Å². The monoisotopic (exact) mass is 287 g/mol. The van der Waals surface area contributed by atoms with Gasteiger partial charge in [-0.05, 0) is 37.6 Å². The zero-order chi connectivity index (χ0) is 14.5. The first-order valence-electron chi connectivity index (χ1n) is 8.18. The minimum atomic E-state index is 0.492. The highest BCUT2D eigenvalue weighted by Gasteiger charge is 2.32. The molecule has 1 saturated carbocycles. The Bertz CT molecular complexity index is 218. The van der Waals surface area contributed by atoms with E-state index in [1.165, 1.54) is 38.5 Å². The molecule has 1 aliphatic carbocycles. The summed E-state index contributed by atoms with van der Waals surface area (Å²) in [5, 5.41) is 3.60. The van der Waals surface area contributed by atoms with Crippen LogP contribution in [0, 0.1) is 5.41 Å². The van der Waals surface area contributed by atoms with Gasteiger partial charge in [-0.15, -0.1) is 0 Å². The molecule has 1 rings (SSSR count). The van der Waals surface area contributed by atoms with Gasteiger partial charge in [-0.2, -0.15) is 0 Å². The largest absolute Gasteiger partial charge is 0.382 e. The highest BCUT2D eigenvalue weighted by atomic mass is 16.5. The van der Waals surface area contributed by atoms with Crippen molar-refractivity contribution in [2.45, 2.75) is 45.4 Å². The summed E-state index contributed by atoms with van der Waals surface area (Å²) < 4.78 is 16.0. The molecule has 0 atom stereocenters. The van der Waals surface area contributed by atoms with Gasteiger partial charge in [-0.25, -0.2) is 0 Å². The Balaban J connectivity index is 2.04. The molecule has 0 spiro atoms. The topological polar surface area (TPSA) is 39.7 Å². The van der Waals surface area contributed by atoms with E-state index in [9.17, 15) is 0 Å². The van der Waals surface area contributed by atoms with Crippen molar-refractivity contribution in [2.75, 3.05) is 53.2 Å². The lowest BCUT2D eigenvalue weighted by molar-refractivity contribution is 0.0166. The molecule has 0 heterocycles. The van der Waals surface area contributed by atoms with E-state index < -0.39 is 0 Å². The predicted molar refractivity (Wildman–Crippen MR) is 82.2 cm³/mol. The van der Waals surface area contributed by atoms with Gasteiger partial charge < -0.3 is 19.5 Å². The van der Waals surface area contributed by atoms with Crippen molar-refractivity contribution in [1.82, 2.24) is 5.32 Å². The lowest BCUT2D eigenvalue weighted by Crippen LogP contribution is -2.33. The van der Waals surface area contributed by atoms with Crippen LogP contribution in [0.2, 0.25) is 0 Å². The second kappa shape index (κ2) is 11.5. The molecular weight excluding hydrogens is 254 g/mol. The minimum Gasteiger partial charge on any atom is -0.382 e. The summed E-state index contributed by atoms with van der Waals surface area (Å²) >= 11 is 0. The molecule has 0 bridgehead atoms. The molecule has 0 saturated heterocycles. The molecule has 4 heteroatoms. The van der Waals surface area contributed by atoms with Gasteiger partial charge in [0, 0.05) is 20.3 Å². The second-order valence-electron chi connectivity index (χ2n) is 5.85. The fraction of sp³-hybridized carbons (Fsp3) is 1.00. The molecule has 0 aromatic carbocycles. The fourth-order valence-electron chi connectivity index (χ4n) is 2.92. The summed E-state index contributed by atoms with van der Waals surface area (Å²) in [6.07, 6.45) is 7.88. The summed E-state index contributed by atoms with van der Waals surface area (Å²) in [4.78, 5) is 0. The maximum absolute atomic E-state index is 5.71. The third kappa shape index (κ3) is 7.58. The van der Waals surface area contributed by atoms with Crippen LogP contribution in [-0.4, -0.2) is 53.2 Å². The van der Waals surface area contributed by atoms with Crippen molar-refractivity contribution in [3.63, 3.8) is 0 Å². The third-order valence-electron chi connectivity index (χ3n) is 4.17. The summed E-state index contributed by atoms with van der Waals surface area (Å²) in [5.74, 6) is 0. The zero-order valence-electron chi connectivity index (χ0n) is 13.4. The van der Waals surface area contributed by atoms with E-state index in [1.807, 2.05) is 0 Å². The highest BCUT2D eigenvalue weighted by molar-refractivity contribution is 4.86. The van der Waals surface area contributed by atoms with Crippen LogP contribution in [0.1, 0.15) is 45.4 Å². The first kappa shape index (κ1) is 17.9. The SMILES string of the molecule is CCCNCC1(CCOCCOCCOC)CCCC1. The summed E-state index contributed by atoms with van der Waals surface area (Å²) in [6.45, 7) is 8.07. The molecule has 0 amide bonds. The fourth-order valence-corrected chi connectivity index (χ4v) is 2.92. The lowest BCUT2D eigenvalue weighted by atomic mass is 9.83. The molecule has 120 valence electrons. The average molecular weight is 287 g/mol. The number of methoxy groups -OCH3 is 1. The number of rotatable bonds is 13. The number of hydrogen-bond donors (Lipinski definition) is 1. The maximum atomic E-state index is 5.71. The molecular formula is C16H33NO3. The Morgan fingerprint density at radius 2 is 1.60 bits per heavy atom. The number of nitrogens with one attached hydrogen (secondary N) is 1. The molecule has 20 heavy (non-hydrogen) atoms. The van der Waals surface area contributed by atoms with E-state index in [0.717, 1.165) is 19.7 Å². The van der Waals surface area contributed by atoms with Crippen LogP contribution < -0.4 is 5.32 Å². The van der Waals surface area contributed by atoms with E-state index in [-0.39, 0.29) is 0 Å². The molecule has 1 N–H and O–H groups in total. The number of hydrogen-bond acceptors (Lipinski definition) is 4. The molecule has 1 aliphatic rings. The van der Waals surface area contributed by atoms with E-state index in [1.54, 1.807) is 7.11 Å². The van der Waals surface area contributed by atoms with Crippen LogP contribution in [0.3, 0.4) is 0 Å². The van der Waals surface area contributed by atoms with E-state index in [0.29, 0.717) is 31.8 Å². The van der Waals surface area contributed by atoms with Crippen molar-refractivity contribution in [2.24, 2.45) is 5.41 Å². The van der Waals surface area contributed by atoms with Crippen LogP contribution in [-0.2, 0) is 14.2 Å². The van der Waals surface area contributed by atoms with E-state index >= 15 is 0 Å². The highest BCUT2D eigenvalue weighted by Crippen LogP contribution is 2.40. The normalized spacial score (nSPS) is 17.7. The molecule has 0 radical (unpaired) electrons. The van der Waals surface area contributed by atoms with Crippen molar-refractivity contribution in [3.05, 3.63) is 0 Å². The summed E-state index contributed by atoms with van der Waals surface area (Å²) in [7, 11) is 1.69. The van der Waals surface area contributed by atoms with Crippen molar-refractivity contribution < 1.29 is 14.2 Å². The lowest BCUT2D eigenvalue weighted by Gasteiger charge is -2.29. The molecule has 0 unspecified atom stereocenters. The average Bonchev–Trinajstić information content (AvgIpc) is 2.91.